The molecule has 1 amide bonds. The minimum atomic E-state index is -0.895. The molecule has 0 saturated carbocycles. The molecule has 3 aromatic rings. The van der Waals surface area contributed by atoms with Gasteiger partial charge in [0.1, 0.15) is 0 Å². The van der Waals surface area contributed by atoms with E-state index in [1.54, 1.807) is 6.07 Å². The van der Waals surface area contributed by atoms with Gasteiger partial charge in [-0.3, -0.25) is 4.79 Å². The summed E-state index contributed by atoms with van der Waals surface area (Å²) in [7, 11) is 2.11. The van der Waals surface area contributed by atoms with Gasteiger partial charge in [0.15, 0.2) is 0 Å². The molecular weight excluding hydrogens is 462 g/mol. The largest absolute Gasteiger partial charge is 0.478 e. The number of rotatable bonds is 6. The van der Waals surface area contributed by atoms with E-state index in [2.05, 4.69) is 53.5 Å². The molecule has 1 spiro atoms. The van der Waals surface area contributed by atoms with Crippen LogP contribution in [0.1, 0.15) is 79.8 Å². The summed E-state index contributed by atoms with van der Waals surface area (Å²) in [5, 5.41) is 10.9. The molecule has 1 unspecified atom stereocenters. The number of carbonyl (C=O) groups excluding carboxylic acids is 1. The van der Waals surface area contributed by atoms with Crippen LogP contribution in [-0.4, -0.2) is 53.1 Å². The normalized spacial score (nSPS) is 21.1. The van der Waals surface area contributed by atoms with Crippen LogP contribution in [0.2, 0.25) is 0 Å². The number of carboxylic acid groups (broad SMARTS) is 1. The van der Waals surface area contributed by atoms with E-state index in [4.69, 9.17) is 0 Å². The summed E-state index contributed by atoms with van der Waals surface area (Å²) in [6.45, 7) is 7.64. The van der Waals surface area contributed by atoms with Crippen molar-refractivity contribution in [2.24, 2.45) is 0 Å². The van der Waals surface area contributed by atoms with Crippen molar-refractivity contribution in [1.29, 1.82) is 0 Å². The molecule has 6 rings (SSSR count). The standard InChI is InChI=1S/C31H37N3O3/c1-4-8-20(9-5-2)26-22-13-12-21(29(35)36)18-25(22)33-15-7-16-34-27-23(28(26)33)10-6-11-24(27)31(30(34)37)14-17-32(3)19-31/h6,10-13,18,20H,4-5,7-9,14-17,19H2,1-3H3,(H,35,36). The minimum Gasteiger partial charge on any atom is -0.478 e. The maximum absolute atomic E-state index is 14.1. The van der Waals surface area contributed by atoms with Gasteiger partial charge in [0, 0.05) is 36.1 Å². The number of aryl methyl sites for hydroxylation is 1. The van der Waals surface area contributed by atoms with Crippen molar-refractivity contribution in [3.05, 3.63) is 53.1 Å². The lowest BCUT2D eigenvalue weighted by atomic mass is 9.79. The maximum Gasteiger partial charge on any atom is 0.335 e. The molecule has 6 heteroatoms. The van der Waals surface area contributed by atoms with Gasteiger partial charge in [-0.2, -0.15) is 0 Å². The molecule has 0 aliphatic carbocycles. The SMILES string of the molecule is CCCC(CCC)c1c2n(c3cc(C(=O)O)ccc13)CCCN1C(=O)C3(CCN(C)C3)c3cccc-2c31. The Kier molecular flexibility index (Phi) is 5.90. The van der Waals surface area contributed by atoms with E-state index in [9.17, 15) is 14.7 Å². The first kappa shape index (κ1) is 24.2. The van der Waals surface area contributed by atoms with Gasteiger partial charge in [-0.05, 0) is 68.5 Å². The summed E-state index contributed by atoms with van der Waals surface area (Å²) in [5.41, 5.74) is 6.82. The Labute approximate surface area is 218 Å². The van der Waals surface area contributed by atoms with Crippen molar-refractivity contribution >= 4 is 28.5 Å². The number of para-hydroxylation sites is 1. The molecule has 194 valence electrons. The summed E-state index contributed by atoms with van der Waals surface area (Å²) in [4.78, 5) is 30.4. The second-order valence-corrected chi connectivity index (χ2v) is 11.3. The summed E-state index contributed by atoms with van der Waals surface area (Å²) < 4.78 is 2.37. The second kappa shape index (κ2) is 9.02. The number of aromatic carboxylic acids is 1. The number of carbonyl (C=O) groups is 2. The van der Waals surface area contributed by atoms with Gasteiger partial charge in [0.05, 0.1) is 22.4 Å². The smallest absolute Gasteiger partial charge is 0.335 e. The predicted molar refractivity (Wildman–Crippen MR) is 148 cm³/mol. The molecule has 1 saturated heterocycles. The molecule has 0 bridgehead atoms. The van der Waals surface area contributed by atoms with E-state index in [-0.39, 0.29) is 5.91 Å². The average molecular weight is 500 g/mol. The summed E-state index contributed by atoms with van der Waals surface area (Å²) in [6, 6.07) is 12.2. The molecule has 37 heavy (non-hydrogen) atoms. The molecule has 1 N–H and O–H groups in total. The summed E-state index contributed by atoms with van der Waals surface area (Å²) >= 11 is 0. The van der Waals surface area contributed by atoms with E-state index in [1.807, 2.05) is 12.1 Å². The number of nitrogens with zero attached hydrogens (tertiary/aromatic N) is 3. The van der Waals surface area contributed by atoms with Crippen LogP contribution in [-0.2, 0) is 16.8 Å². The number of anilines is 1. The molecule has 2 aromatic carbocycles. The molecule has 0 radical (unpaired) electrons. The first-order valence-electron chi connectivity index (χ1n) is 13.9. The van der Waals surface area contributed by atoms with E-state index < -0.39 is 11.4 Å². The molecule has 4 heterocycles. The van der Waals surface area contributed by atoms with Gasteiger partial charge in [-0.15, -0.1) is 0 Å². The van der Waals surface area contributed by atoms with Gasteiger partial charge in [-0.1, -0.05) is 51.0 Å². The van der Waals surface area contributed by atoms with E-state index in [0.29, 0.717) is 18.0 Å². The van der Waals surface area contributed by atoms with Crippen molar-refractivity contribution in [2.75, 3.05) is 31.6 Å². The quantitative estimate of drug-likeness (QED) is 0.451. The second-order valence-electron chi connectivity index (χ2n) is 11.3. The van der Waals surface area contributed by atoms with Crippen LogP contribution in [0.25, 0.3) is 22.2 Å². The summed E-state index contributed by atoms with van der Waals surface area (Å²) in [6.07, 6.45) is 6.07. The Morgan fingerprint density at radius 3 is 2.54 bits per heavy atom. The number of hydrogen-bond acceptors (Lipinski definition) is 3. The molecule has 3 aliphatic rings. The van der Waals surface area contributed by atoms with Crippen molar-refractivity contribution in [3.63, 3.8) is 0 Å². The fourth-order valence-corrected chi connectivity index (χ4v) is 7.46. The Morgan fingerprint density at radius 1 is 1.08 bits per heavy atom. The third-order valence-corrected chi connectivity index (χ3v) is 8.99. The number of likely N-dealkylation sites (tertiary alicyclic amines) is 1. The van der Waals surface area contributed by atoms with Crippen LogP contribution in [0.4, 0.5) is 5.69 Å². The fraction of sp³-hybridized carbons (Fsp3) is 0.484. The van der Waals surface area contributed by atoms with Crippen LogP contribution in [0.15, 0.2) is 36.4 Å². The minimum absolute atomic E-state index is 0.261. The van der Waals surface area contributed by atoms with Crippen LogP contribution in [0, 0.1) is 0 Å². The Hall–Kier alpha value is -3.12. The Balaban J connectivity index is 1.68. The van der Waals surface area contributed by atoms with Gasteiger partial charge in [0.2, 0.25) is 5.91 Å². The molecule has 6 nitrogen and oxygen atoms in total. The third-order valence-electron chi connectivity index (χ3n) is 8.99. The highest BCUT2D eigenvalue weighted by Crippen LogP contribution is 2.54. The van der Waals surface area contributed by atoms with Crippen molar-refractivity contribution in [3.8, 4) is 11.3 Å². The zero-order valence-corrected chi connectivity index (χ0v) is 22.2. The van der Waals surface area contributed by atoms with Crippen molar-refractivity contribution in [1.82, 2.24) is 9.47 Å². The number of benzene rings is 2. The fourth-order valence-electron chi connectivity index (χ4n) is 7.46. The number of carboxylic acids is 1. The summed E-state index contributed by atoms with van der Waals surface area (Å²) in [5.74, 6) is -0.248. The van der Waals surface area contributed by atoms with E-state index in [0.717, 1.165) is 80.3 Å². The van der Waals surface area contributed by atoms with Crippen LogP contribution >= 0.6 is 0 Å². The maximum atomic E-state index is 14.1. The van der Waals surface area contributed by atoms with Crippen LogP contribution < -0.4 is 4.90 Å². The number of hydrogen-bond donors (Lipinski definition) is 1. The first-order valence-corrected chi connectivity index (χ1v) is 13.9. The molecule has 1 atom stereocenters. The van der Waals surface area contributed by atoms with Crippen molar-refractivity contribution < 1.29 is 14.7 Å². The monoisotopic (exact) mass is 499 g/mol. The number of amides is 1. The first-order chi connectivity index (χ1) is 17.9. The number of likely N-dealkylation sites (N-methyl/N-ethyl adjacent to an activating group) is 1. The molecule has 3 aliphatic heterocycles. The van der Waals surface area contributed by atoms with Crippen LogP contribution in [0.3, 0.4) is 0 Å². The van der Waals surface area contributed by atoms with Gasteiger partial charge >= 0.3 is 5.97 Å². The highest BCUT2D eigenvalue weighted by atomic mass is 16.4. The van der Waals surface area contributed by atoms with Gasteiger partial charge in [0.25, 0.3) is 0 Å². The van der Waals surface area contributed by atoms with Gasteiger partial charge < -0.3 is 19.5 Å². The lowest BCUT2D eigenvalue weighted by molar-refractivity contribution is -0.122. The Bertz CT molecular complexity index is 1400. The van der Waals surface area contributed by atoms with E-state index >= 15 is 0 Å². The van der Waals surface area contributed by atoms with Crippen molar-refractivity contribution in [2.45, 2.75) is 70.3 Å². The zero-order valence-electron chi connectivity index (χ0n) is 22.2. The van der Waals surface area contributed by atoms with Gasteiger partial charge in [-0.25, -0.2) is 4.79 Å². The third kappa shape index (κ3) is 3.48. The number of fused-ring (bicyclic) bond motifs is 5. The molecule has 1 aromatic heterocycles. The highest BCUT2D eigenvalue weighted by molar-refractivity contribution is 6.13. The molecule has 1 fully saturated rings. The highest BCUT2D eigenvalue weighted by Gasteiger charge is 2.54. The zero-order chi connectivity index (χ0) is 25.9. The Morgan fingerprint density at radius 2 is 1.86 bits per heavy atom. The van der Waals surface area contributed by atoms with E-state index in [1.165, 1.54) is 16.8 Å². The molecular formula is C31H37N3O3. The number of aromatic nitrogens is 1. The van der Waals surface area contributed by atoms with Crippen LogP contribution in [0.5, 0.6) is 0 Å². The lowest BCUT2D eigenvalue weighted by Crippen LogP contribution is -2.42. The lowest BCUT2D eigenvalue weighted by Gasteiger charge is -2.27. The average Bonchev–Trinajstić information content (AvgIpc) is 3.49. The predicted octanol–water partition coefficient (Wildman–Crippen LogP) is 6.01. The topological polar surface area (TPSA) is 65.8 Å².